The lowest BCUT2D eigenvalue weighted by Gasteiger charge is -2.21. The Bertz CT molecular complexity index is 1510. The van der Waals surface area contributed by atoms with Crippen LogP contribution in [0.2, 0.25) is 5.02 Å². The largest absolute Gasteiger partial charge is 0.279 e. The van der Waals surface area contributed by atoms with Crippen LogP contribution in [0.4, 0.5) is 5.13 Å². The summed E-state index contributed by atoms with van der Waals surface area (Å²) in [7, 11) is -3.59. The first-order chi connectivity index (χ1) is 17.8. The monoisotopic (exact) mass is 553 g/mol. The number of fused-ring (bicyclic) bond motifs is 1. The zero-order chi connectivity index (χ0) is 26.0. The summed E-state index contributed by atoms with van der Waals surface area (Å²) >= 11 is 7.67. The molecule has 3 aromatic carbocycles. The molecule has 0 N–H and O–H groups in total. The van der Waals surface area contributed by atoms with Crippen molar-refractivity contribution in [1.82, 2.24) is 9.29 Å². The number of aromatic nitrogens is 1. The van der Waals surface area contributed by atoms with Crippen LogP contribution in [0.15, 0.2) is 71.6 Å². The summed E-state index contributed by atoms with van der Waals surface area (Å²) < 4.78 is 28.8. The molecule has 9 heteroatoms. The second kappa shape index (κ2) is 10.9. The summed E-state index contributed by atoms with van der Waals surface area (Å²) in [6, 6.07) is 19.7. The average molecular weight is 554 g/mol. The molecule has 2 heterocycles. The fourth-order valence-electron chi connectivity index (χ4n) is 4.61. The number of hydrogen-bond donors (Lipinski definition) is 0. The highest BCUT2D eigenvalue weighted by molar-refractivity contribution is 7.89. The molecule has 0 bridgehead atoms. The standard InChI is InChI=1S/C28H28ClN3O3S2/c1-20-17-23(29)18-25-26(20)30-28(36-25)32(19-21-9-5-4-6-10-21)27(33)22-11-13-24(14-12-22)37(34,35)31-15-7-2-3-8-16-31/h4-6,9-14,17-18H,2-3,7-8,15-16,19H2,1H3. The summed E-state index contributed by atoms with van der Waals surface area (Å²) in [5.41, 5.74) is 3.12. The highest BCUT2D eigenvalue weighted by Gasteiger charge is 2.27. The van der Waals surface area contributed by atoms with E-state index in [4.69, 9.17) is 16.6 Å². The van der Waals surface area contributed by atoms with E-state index in [9.17, 15) is 13.2 Å². The third-order valence-electron chi connectivity index (χ3n) is 6.60. The van der Waals surface area contributed by atoms with Crippen LogP contribution in [0.1, 0.15) is 47.2 Å². The predicted octanol–water partition coefficient (Wildman–Crippen LogP) is 6.67. The Morgan fingerprint density at radius 1 is 1.00 bits per heavy atom. The molecule has 0 unspecified atom stereocenters. The lowest BCUT2D eigenvalue weighted by Crippen LogP contribution is -2.32. The van der Waals surface area contributed by atoms with Gasteiger partial charge in [-0.3, -0.25) is 9.69 Å². The summed E-state index contributed by atoms with van der Waals surface area (Å²) in [4.78, 5) is 20.4. The molecule has 1 fully saturated rings. The SMILES string of the molecule is Cc1cc(Cl)cc2sc(N(Cc3ccccc3)C(=O)c3ccc(S(=O)(=O)N4CCCCCC4)cc3)nc12. The Morgan fingerprint density at radius 3 is 2.35 bits per heavy atom. The maximum absolute atomic E-state index is 13.8. The van der Waals surface area contributed by atoms with E-state index in [1.165, 1.54) is 23.5 Å². The lowest BCUT2D eigenvalue weighted by molar-refractivity contribution is 0.0985. The van der Waals surface area contributed by atoms with Crippen LogP contribution >= 0.6 is 22.9 Å². The molecule has 0 atom stereocenters. The van der Waals surface area contributed by atoms with Gasteiger partial charge in [-0.15, -0.1) is 0 Å². The van der Waals surface area contributed by atoms with E-state index in [1.807, 2.05) is 49.4 Å². The van der Waals surface area contributed by atoms with E-state index in [2.05, 4.69) is 0 Å². The topological polar surface area (TPSA) is 70.6 Å². The molecular weight excluding hydrogens is 526 g/mol. The molecule has 0 saturated carbocycles. The van der Waals surface area contributed by atoms with E-state index in [1.54, 1.807) is 21.3 Å². The van der Waals surface area contributed by atoms with E-state index < -0.39 is 10.0 Å². The number of aryl methyl sites for hydroxylation is 1. The van der Waals surface area contributed by atoms with Crippen molar-refractivity contribution in [2.75, 3.05) is 18.0 Å². The van der Waals surface area contributed by atoms with E-state index in [0.717, 1.165) is 47.0 Å². The van der Waals surface area contributed by atoms with Gasteiger partial charge < -0.3 is 0 Å². The number of nitrogens with zero attached hydrogens (tertiary/aromatic N) is 3. The van der Waals surface area contributed by atoms with Crippen LogP contribution in [0, 0.1) is 6.92 Å². The summed E-state index contributed by atoms with van der Waals surface area (Å²) in [6.45, 7) is 3.36. The Hall–Kier alpha value is -2.78. The third kappa shape index (κ3) is 5.57. The van der Waals surface area contributed by atoms with Crippen molar-refractivity contribution in [3.8, 4) is 0 Å². The van der Waals surface area contributed by atoms with Crippen LogP contribution in [0.3, 0.4) is 0 Å². The fourth-order valence-corrected chi connectivity index (χ4v) is 7.54. The molecule has 0 radical (unpaired) electrons. The number of thiazole rings is 1. The fraction of sp³-hybridized carbons (Fsp3) is 0.286. The minimum absolute atomic E-state index is 0.214. The quantitative estimate of drug-likeness (QED) is 0.267. The molecule has 192 valence electrons. The van der Waals surface area contributed by atoms with E-state index in [0.29, 0.717) is 35.4 Å². The number of rotatable bonds is 6. The smallest absolute Gasteiger partial charge is 0.260 e. The molecule has 5 rings (SSSR count). The molecule has 1 aliphatic rings. The number of carbonyl (C=O) groups is 1. The predicted molar refractivity (Wildman–Crippen MR) is 150 cm³/mol. The lowest BCUT2D eigenvalue weighted by atomic mass is 10.1. The van der Waals surface area contributed by atoms with Gasteiger partial charge in [0.2, 0.25) is 10.0 Å². The number of hydrogen-bond acceptors (Lipinski definition) is 5. The average Bonchev–Trinajstić information content (AvgIpc) is 3.12. The van der Waals surface area contributed by atoms with E-state index >= 15 is 0 Å². The molecule has 0 spiro atoms. The number of anilines is 1. The van der Waals surface area contributed by atoms with Gasteiger partial charge in [-0.2, -0.15) is 4.31 Å². The van der Waals surface area contributed by atoms with Crippen molar-refractivity contribution < 1.29 is 13.2 Å². The maximum Gasteiger partial charge on any atom is 0.260 e. The minimum Gasteiger partial charge on any atom is -0.279 e. The Morgan fingerprint density at radius 2 is 1.68 bits per heavy atom. The van der Waals surface area contributed by atoms with Gasteiger partial charge in [-0.1, -0.05) is 66.1 Å². The van der Waals surface area contributed by atoms with Gasteiger partial charge in [-0.25, -0.2) is 13.4 Å². The minimum atomic E-state index is -3.59. The van der Waals surface area contributed by atoms with Crippen molar-refractivity contribution in [3.63, 3.8) is 0 Å². The van der Waals surface area contributed by atoms with Crippen molar-refractivity contribution in [3.05, 3.63) is 88.4 Å². The van der Waals surface area contributed by atoms with Gasteiger partial charge in [0.1, 0.15) is 0 Å². The molecule has 37 heavy (non-hydrogen) atoms. The molecule has 0 aliphatic carbocycles. The van der Waals surface area contributed by atoms with Gasteiger partial charge in [0.15, 0.2) is 5.13 Å². The van der Waals surface area contributed by atoms with Gasteiger partial charge in [-0.05, 0) is 67.3 Å². The van der Waals surface area contributed by atoms with Crippen LogP contribution in [-0.2, 0) is 16.6 Å². The van der Waals surface area contributed by atoms with Crippen LogP contribution in [0.5, 0.6) is 0 Å². The number of sulfonamides is 1. The van der Waals surface area contributed by atoms with Crippen molar-refractivity contribution >= 4 is 54.2 Å². The van der Waals surface area contributed by atoms with Gasteiger partial charge in [0.05, 0.1) is 21.7 Å². The first kappa shape index (κ1) is 25.9. The number of halogens is 1. The highest BCUT2D eigenvalue weighted by atomic mass is 35.5. The molecule has 1 aromatic heterocycles. The second-order valence-corrected chi connectivity index (χ2v) is 12.7. The number of benzene rings is 3. The molecule has 1 saturated heterocycles. The molecule has 1 amide bonds. The highest BCUT2D eigenvalue weighted by Crippen LogP contribution is 2.34. The van der Waals surface area contributed by atoms with Gasteiger partial charge in [0.25, 0.3) is 5.91 Å². The van der Waals surface area contributed by atoms with E-state index in [-0.39, 0.29) is 10.8 Å². The van der Waals surface area contributed by atoms with Gasteiger partial charge in [0, 0.05) is 23.7 Å². The molecule has 1 aliphatic heterocycles. The number of amides is 1. The van der Waals surface area contributed by atoms with Crippen LogP contribution in [-0.4, -0.2) is 36.7 Å². The van der Waals surface area contributed by atoms with Crippen molar-refractivity contribution in [2.24, 2.45) is 0 Å². The zero-order valence-electron chi connectivity index (χ0n) is 20.6. The van der Waals surface area contributed by atoms with Crippen molar-refractivity contribution in [2.45, 2.75) is 44.0 Å². The first-order valence-electron chi connectivity index (χ1n) is 12.4. The van der Waals surface area contributed by atoms with Crippen LogP contribution in [0.25, 0.3) is 10.2 Å². The maximum atomic E-state index is 13.8. The van der Waals surface area contributed by atoms with Crippen LogP contribution < -0.4 is 4.90 Å². The summed E-state index contributed by atoms with van der Waals surface area (Å²) in [6.07, 6.45) is 3.84. The zero-order valence-corrected chi connectivity index (χ0v) is 23.0. The number of carbonyl (C=O) groups excluding carboxylic acids is 1. The van der Waals surface area contributed by atoms with Gasteiger partial charge >= 0.3 is 0 Å². The summed E-state index contributed by atoms with van der Waals surface area (Å²) in [5, 5.41) is 1.19. The molecule has 4 aromatic rings. The normalized spacial score (nSPS) is 15.0. The van der Waals surface area contributed by atoms with Crippen molar-refractivity contribution in [1.29, 1.82) is 0 Å². The second-order valence-electron chi connectivity index (χ2n) is 9.29. The Labute approximate surface area is 226 Å². The molecule has 6 nitrogen and oxygen atoms in total. The summed E-state index contributed by atoms with van der Waals surface area (Å²) in [5.74, 6) is -0.245. The molecular formula is C28H28ClN3O3S2. The Kier molecular flexibility index (Phi) is 7.62. The Balaban J connectivity index is 1.47. The first-order valence-corrected chi connectivity index (χ1v) is 15.0. The third-order valence-corrected chi connectivity index (χ3v) is 9.76.